The molecule has 1 unspecified atom stereocenters. The van der Waals surface area contributed by atoms with Crippen molar-refractivity contribution in [2.45, 2.75) is 26.0 Å². The zero-order valence-electron chi connectivity index (χ0n) is 10.6. The van der Waals surface area contributed by atoms with Crippen molar-refractivity contribution in [1.29, 1.82) is 0 Å². The van der Waals surface area contributed by atoms with Gasteiger partial charge in [0, 0.05) is 0 Å². The third-order valence-corrected chi connectivity index (χ3v) is 3.03. The molecule has 19 heavy (non-hydrogen) atoms. The minimum atomic E-state index is -0.551. The minimum Gasteiger partial charge on any atom is -0.387 e. The van der Waals surface area contributed by atoms with Gasteiger partial charge in [-0.3, -0.25) is 0 Å². The smallest absolute Gasteiger partial charge is 0.129 e. The van der Waals surface area contributed by atoms with Crippen molar-refractivity contribution in [2.24, 2.45) is 0 Å². The number of hydrogen-bond acceptors (Lipinski definition) is 4. The Morgan fingerprint density at radius 1 is 1.37 bits per heavy atom. The fourth-order valence-electron chi connectivity index (χ4n) is 1.99. The summed E-state index contributed by atoms with van der Waals surface area (Å²) in [7, 11) is 0. The number of rotatable bonds is 4. The molecule has 0 spiro atoms. The Kier molecular flexibility index (Phi) is 3.00. The van der Waals surface area contributed by atoms with E-state index < -0.39 is 6.10 Å². The van der Waals surface area contributed by atoms with Crippen LogP contribution in [0.3, 0.4) is 0 Å². The molecule has 0 bridgehead atoms. The molecule has 0 amide bonds. The SMILES string of the molecule is CCC(O)c1cn(Cc2nc3ccccc3[nH]2)nn1. The molecular formula is C13H15N5O. The zero-order valence-corrected chi connectivity index (χ0v) is 10.6. The van der Waals surface area contributed by atoms with Crippen LogP contribution in [0.4, 0.5) is 0 Å². The van der Waals surface area contributed by atoms with Crippen LogP contribution in [0, 0.1) is 0 Å². The number of aliphatic hydroxyl groups is 1. The maximum absolute atomic E-state index is 9.68. The van der Waals surface area contributed by atoms with E-state index in [1.54, 1.807) is 10.9 Å². The van der Waals surface area contributed by atoms with E-state index in [0.29, 0.717) is 18.7 Å². The Labute approximate surface area is 110 Å². The van der Waals surface area contributed by atoms with E-state index in [4.69, 9.17) is 0 Å². The highest BCUT2D eigenvalue weighted by atomic mass is 16.3. The van der Waals surface area contributed by atoms with E-state index in [-0.39, 0.29) is 0 Å². The third kappa shape index (κ3) is 2.34. The van der Waals surface area contributed by atoms with E-state index in [1.807, 2.05) is 31.2 Å². The first kappa shape index (κ1) is 11.9. The molecule has 3 aromatic rings. The predicted octanol–water partition coefficient (Wildman–Crippen LogP) is 1.65. The lowest BCUT2D eigenvalue weighted by Crippen LogP contribution is -2.02. The van der Waals surface area contributed by atoms with Gasteiger partial charge < -0.3 is 10.1 Å². The highest BCUT2D eigenvalue weighted by molar-refractivity contribution is 5.74. The maximum Gasteiger partial charge on any atom is 0.129 e. The monoisotopic (exact) mass is 257 g/mol. The first-order valence-electron chi connectivity index (χ1n) is 6.28. The fourth-order valence-corrected chi connectivity index (χ4v) is 1.99. The van der Waals surface area contributed by atoms with Gasteiger partial charge in [0.05, 0.1) is 23.3 Å². The van der Waals surface area contributed by atoms with Crippen molar-refractivity contribution in [2.75, 3.05) is 0 Å². The molecule has 1 aromatic carbocycles. The molecule has 1 atom stereocenters. The van der Waals surface area contributed by atoms with E-state index in [9.17, 15) is 5.11 Å². The molecule has 2 heterocycles. The van der Waals surface area contributed by atoms with Gasteiger partial charge in [-0.2, -0.15) is 0 Å². The maximum atomic E-state index is 9.68. The van der Waals surface area contributed by atoms with Crippen molar-refractivity contribution in [3.05, 3.63) is 42.0 Å². The highest BCUT2D eigenvalue weighted by Crippen LogP contribution is 2.14. The third-order valence-electron chi connectivity index (χ3n) is 3.03. The number of hydrogen-bond donors (Lipinski definition) is 2. The van der Waals surface area contributed by atoms with Gasteiger partial charge in [0.15, 0.2) is 0 Å². The molecule has 6 heteroatoms. The largest absolute Gasteiger partial charge is 0.387 e. The summed E-state index contributed by atoms with van der Waals surface area (Å²) in [6.07, 6.45) is 1.83. The van der Waals surface area contributed by atoms with Crippen LogP contribution in [0.25, 0.3) is 11.0 Å². The van der Waals surface area contributed by atoms with E-state index in [1.165, 1.54) is 0 Å². The van der Waals surface area contributed by atoms with Crippen molar-refractivity contribution < 1.29 is 5.11 Å². The molecule has 0 aliphatic carbocycles. The van der Waals surface area contributed by atoms with Gasteiger partial charge in [-0.1, -0.05) is 24.3 Å². The summed E-state index contributed by atoms with van der Waals surface area (Å²) in [5, 5.41) is 17.6. The average Bonchev–Trinajstić information content (AvgIpc) is 3.04. The van der Waals surface area contributed by atoms with Crippen LogP contribution in [-0.4, -0.2) is 30.1 Å². The second-order valence-electron chi connectivity index (χ2n) is 4.47. The van der Waals surface area contributed by atoms with Crippen LogP contribution in [0.1, 0.15) is 31.0 Å². The lowest BCUT2D eigenvalue weighted by Gasteiger charge is -2.00. The van der Waals surface area contributed by atoms with Gasteiger partial charge in [0.25, 0.3) is 0 Å². The van der Waals surface area contributed by atoms with Gasteiger partial charge >= 0.3 is 0 Å². The van der Waals surface area contributed by atoms with Gasteiger partial charge in [-0.15, -0.1) is 5.10 Å². The molecule has 0 radical (unpaired) electrons. The second-order valence-corrected chi connectivity index (χ2v) is 4.47. The molecule has 0 aliphatic heterocycles. The lowest BCUT2D eigenvalue weighted by molar-refractivity contribution is 0.168. The van der Waals surface area contributed by atoms with Crippen LogP contribution < -0.4 is 0 Å². The number of aromatic amines is 1. The molecule has 98 valence electrons. The van der Waals surface area contributed by atoms with Crippen LogP contribution in [0.2, 0.25) is 0 Å². The van der Waals surface area contributed by atoms with Gasteiger partial charge in [0.2, 0.25) is 0 Å². The van der Waals surface area contributed by atoms with Crippen molar-refractivity contribution >= 4 is 11.0 Å². The molecule has 0 saturated carbocycles. The molecule has 2 aromatic heterocycles. The summed E-state index contributed by atoms with van der Waals surface area (Å²) < 4.78 is 1.67. The van der Waals surface area contributed by atoms with E-state index >= 15 is 0 Å². The summed E-state index contributed by atoms with van der Waals surface area (Å²) in [5.74, 6) is 0.823. The van der Waals surface area contributed by atoms with Crippen LogP contribution in [0.15, 0.2) is 30.5 Å². The molecule has 0 fully saturated rings. The summed E-state index contributed by atoms with van der Waals surface area (Å²) >= 11 is 0. The lowest BCUT2D eigenvalue weighted by atomic mass is 10.2. The minimum absolute atomic E-state index is 0.512. The van der Waals surface area contributed by atoms with Crippen molar-refractivity contribution in [3.8, 4) is 0 Å². The Hall–Kier alpha value is -2.21. The fraction of sp³-hybridized carbons (Fsp3) is 0.308. The number of imidazole rings is 1. The molecular weight excluding hydrogens is 242 g/mol. The first-order valence-corrected chi connectivity index (χ1v) is 6.28. The number of para-hydroxylation sites is 2. The van der Waals surface area contributed by atoms with Crippen molar-refractivity contribution in [3.63, 3.8) is 0 Å². The molecule has 6 nitrogen and oxygen atoms in total. The summed E-state index contributed by atoms with van der Waals surface area (Å²) in [4.78, 5) is 7.71. The topological polar surface area (TPSA) is 79.6 Å². The number of nitrogens with one attached hydrogen (secondary N) is 1. The Balaban J connectivity index is 1.82. The van der Waals surface area contributed by atoms with Crippen LogP contribution >= 0.6 is 0 Å². The van der Waals surface area contributed by atoms with Crippen LogP contribution in [0.5, 0.6) is 0 Å². The zero-order chi connectivity index (χ0) is 13.2. The number of benzene rings is 1. The summed E-state index contributed by atoms with van der Waals surface area (Å²) in [6, 6.07) is 7.87. The average molecular weight is 257 g/mol. The highest BCUT2D eigenvalue weighted by Gasteiger charge is 2.10. The number of aliphatic hydroxyl groups excluding tert-OH is 1. The number of H-pyrrole nitrogens is 1. The second kappa shape index (κ2) is 4.81. The number of nitrogens with zero attached hydrogens (tertiary/aromatic N) is 4. The molecule has 2 N–H and O–H groups in total. The quantitative estimate of drug-likeness (QED) is 0.744. The van der Waals surface area contributed by atoms with Crippen molar-refractivity contribution in [1.82, 2.24) is 25.0 Å². The van der Waals surface area contributed by atoms with Gasteiger partial charge in [-0.25, -0.2) is 9.67 Å². The standard InChI is InChI=1S/C13H15N5O/c1-2-12(19)11-7-18(17-16-11)8-13-14-9-5-3-4-6-10(9)15-13/h3-7,12,19H,2,8H2,1H3,(H,14,15). The number of fused-ring (bicyclic) bond motifs is 1. The Morgan fingerprint density at radius 3 is 3.00 bits per heavy atom. The Morgan fingerprint density at radius 2 is 2.21 bits per heavy atom. The summed E-state index contributed by atoms with van der Waals surface area (Å²) in [5.41, 5.74) is 2.54. The molecule has 0 aliphatic rings. The molecule has 3 rings (SSSR count). The first-order chi connectivity index (χ1) is 9.26. The van der Waals surface area contributed by atoms with Crippen LogP contribution in [-0.2, 0) is 6.54 Å². The van der Waals surface area contributed by atoms with Gasteiger partial charge in [0.1, 0.15) is 18.1 Å². The number of aromatic nitrogens is 5. The van der Waals surface area contributed by atoms with E-state index in [0.717, 1.165) is 16.9 Å². The normalized spacial score (nSPS) is 12.9. The molecule has 0 saturated heterocycles. The van der Waals surface area contributed by atoms with E-state index in [2.05, 4.69) is 20.3 Å². The Bertz CT molecular complexity index is 654. The predicted molar refractivity (Wildman–Crippen MR) is 70.5 cm³/mol. The van der Waals surface area contributed by atoms with Gasteiger partial charge in [-0.05, 0) is 18.6 Å². The summed E-state index contributed by atoms with van der Waals surface area (Å²) in [6.45, 7) is 2.42.